The Hall–Kier alpha value is -3.14. The van der Waals surface area contributed by atoms with Gasteiger partial charge in [-0.3, -0.25) is 4.79 Å². The van der Waals surface area contributed by atoms with Gasteiger partial charge in [0.25, 0.3) is 0 Å². The molecule has 2 heterocycles. The van der Waals surface area contributed by atoms with Gasteiger partial charge in [0.2, 0.25) is 0 Å². The second-order valence-corrected chi connectivity index (χ2v) is 10.5. The molecule has 2 nitrogen and oxygen atoms in total. The van der Waals surface area contributed by atoms with E-state index in [0.717, 1.165) is 0 Å². The van der Waals surface area contributed by atoms with Gasteiger partial charge in [0, 0.05) is 22.6 Å². The van der Waals surface area contributed by atoms with Crippen LogP contribution in [0, 0.1) is 11.8 Å². The average molecular weight is 462 g/mol. The third kappa shape index (κ3) is 3.79. The number of thioether (sulfide) groups is 1. The van der Waals surface area contributed by atoms with Crippen LogP contribution in [0.2, 0.25) is 0 Å². The first-order valence-corrected chi connectivity index (χ1v) is 12.9. The second-order valence-electron chi connectivity index (χ2n) is 9.20. The summed E-state index contributed by atoms with van der Waals surface area (Å²) in [6, 6.07) is 42.1. The summed E-state index contributed by atoms with van der Waals surface area (Å²) in [5, 5.41) is 4.16. The smallest absolute Gasteiger partial charge is 0.145 e. The summed E-state index contributed by atoms with van der Waals surface area (Å²) in [6.45, 7) is 0. The van der Waals surface area contributed by atoms with Gasteiger partial charge in [-0.2, -0.15) is 0 Å². The van der Waals surface area contributed by atoms with E-state index in [0.29, 0.717) is 5.78 Å². The molecular formula is C31H27NOS. The predicted octanol–water partition coefficient (Wildman–Crippen LogP) is 7.10. The molecule has 2 aliphatic heterocycles. The number of rotatable bonds is 4. The SMILES string of the molecule is O=C1[C@@H]2[C@H](c3ccccc3)N[C@H](c3ccccc3)[C@H]1[C@@H](c1ccccc1)S[C@H]2c1ccccc1. The maximum atomic E-state index is 14.5. The highest BCUT2D eigenvalue weighted by atomic mass is 32.2. The topological polar surface area (TPSA) is 29.1 Å². The van der Waals surface area contributed by atoms with Crippen LogP contribution in [0.5, 0.6) is 0 Å². The zero-order chi connectivity index (χ0) is 22.9. The van der Waals surface area contributed by atoms with Crippen LogP contribution in [0.1, 0.15) is 44.8 Å². The van der Waals surface area contributed by atoms with Crippen LogP contribution in [-0.4, -0.2) is 5.78 Å². The van der Waals surface area contributed by atoms with Gasteiger partial charge in [-0.25, -0.2) is 0 Å². The van der Waals surface area contributed by atoms with Crippen molar-refractivity contribution in [2.45, 2.75) is 22.6 Å². The Labute approximate surface area is 205 Å². The summed E-state index contributed by atoms with van der Waals surface area (Å²) in [5.74, 6) is 0.127. The lowest BCUT2D eigenvalue weighted by Crippen LogP contribution is -2.54. The average Bonchev–Trinajstić information content (AvgIpc) is 2.91. The number of piperidine rings is 1. The molecule has 4 aromatic carbocycles. The van der Waals surface area contributed by atoms with E-state index in [4.69, 9.17) is 0 Å². The fourth-order valence-corrected chi connectivity index (χ4v) is 7.58. The molecule has 2 fully saturated rings. The minimum atomic E-state index is -0.125. The van der Waals surface area contributed by atoms with Gasteiger partial charge < -0.3 is 5.32 Å². The van der Waals surface area contributed by atoms with Gasteiger partial charge in [0.15, 0.2) is 0 Å². The number of Topliss-reactive ketones (excluding diaryl/α,β-unsaturated/α-hetero) is 1. The number of fused-ring (bicyclic) bond motifs is 2. The number of hydrogen-bond acceptors (Lipinski definition) is 3. The summed E-state index contributed by atoms with van der Waals surface area (Å²) in [7, 11) is 0. The normalized spacial score (nSPS) is 28.4. The number of nitrogens with one attached hydrogen (secondary N) is 1. The zero-order valence-electron chi connectivity index (χ0n) is 18.8. The highest BCUT2D eigenvalue weighted by Gasteiger charge is 2.55. The van der Waals surface area contributed by atoms with Crippen LogP contribution in [0.4, 0.5) is 0 Å². The number of hydrogen-bond donors (Lipinski definition) is 1. The van der Waals surface area contributed by atoms with Crippen molar-refractivity contribution in [2.75, 3.05) is 0 Å². The Bertz CT molecular complexity index is 1060. The lowest BCUT2D eigenvalue weighted by atomic mass is 9.69. The van der Waals surface area contributed by atoms with E-state index in [9.17, 15) is 4.79 Å². The first-order valence-electron chi connectivity index (χ1n) is 12.0. The Balaban J connectivity index is 1.52. The van der Waals surface area contributed by atoms with E-state index < -0.39 is 0 Å². The van der Waals surface area contributed by atoms with E-state index in [2.05, 4.69) is 115 Å². The molecule has 0 amide bonds. The molecule has 168 valence electrons. The molecule has 6 atom stereocenters. The van der Waals surface area contributed by atoms with Crippen molar-refractivity contribution in [1.82, 2.24) is 5.32 Å². The minimum absolute atomic E-state index is 0.0374. The molecule has 3 heteroatoms. The molecule has 0 aromatic heterocycles. The molecule has 2 bridgehead atoms. The number of carbonyl (C=O) groups is 1. The monoisotopic (exact) mass is 461 g/mol. The van der Waals surface area contributed by atoms with Gasteiger partial charge >= 0.3 is 0 Å². The highest BCUT2D eigenvalue weighted by Crippen LogP contribution is 2.61. The Morgan fingerprint density at radius 2 is 0.794 bits per heavy atom. The molecule has 4 aromatic rings. The van der Waals surface area contributed by atoms with Crippen molar-refractivity contribution in [3.8, 4) is 0 Å². The molecule has 0 spiro atoms. The fourth-order valence-electron chi connectivity index (χ4n) is 5.71. The zero-order valence-corrected chi connectivity index (χ0v) is 19.6. The largest absolute Gasteiger partial charge is 0.302 e. The van der Waals surface area contributed by atoms with Crippen LogP contribution >= 0.6 is 11.8 Å². The van der Waals surface area contributed by atoms with Gasteiger partial charge in [-0.15, -0.1) is 11.8 Å². The molecule has 0 unspecified atom stereocenters. The van der Waals surface area contributed by atoms with Crippen molar-refractivity contribution in [3.63, 3.8) is 0 Å². The standard InChI is InChI=1S/C31H27NOS/c33-29-25-27(21-13-5-1-6-14-21)32-28(22-15-7-2-8-16-22)26(29)31(24-19-11-4-12-20-24)34-30(25)23-17-9-3-10-18-23/h1-20,25-28,30-32H/t25-,26+,27-,28+,30-,31+. The minimum Gasteiger partial charge on any atom is -0.302 e. The van der Waals surface area contributed by atoms with Gasteiger partial charge in [-0.05, 0) is 22.3 Å². The van der Waals surface area contributed by atoms with Gasteiger partial charge in [0.1, 0.15) is 5.78 Å². The van der Waals surface area contributed by atoms with Crippen molar-refractivity contribution in [2.24, 2.45) is 11.8 Å². The molecule has 0 radical (unpaired) electrons. The second kappa shape index (κ2) is 9.25. The maximum absolute atomic E-state index is 14.5. The van der Waals surface area contributed by atoms with Crippen molar-refractivity contribution < 1.29 is 4.79 Å². The number of ketones is 1. The molecule has 0 aliphatic carbocycles. The summed E-state index contributed by atoms with van der Waals surface area (Å²) in [6.07, 6.45) is 0. The molecular weight excluding hydrogens is 434 g/mol. The van der Waals surface area contributed by atoms with E-state index >= 15 is 0 Å². The van der Waals surface area contributed by atoms with Crippen LogP contribution in [0.3, 0.4) is 0 Å². The quantitative estimate of drug-likeness (QED) is 0.351. The van der Waals surface area contributed by atoms with Crippen LogP contribution in [0.25, 0.3) is 0 Å². The van der Waals surface area contributed by atoms with Crippen LogP contribution in [-0.2, 0) is 4.79 Å². The first-order chi connectivity index (χ1) is 16.8. The fraction of sp³-hybridized carbons (Fsp3) is 0.194. The Morgan fingerprint density at radius 1 is 0.471 bits per heavy atom. The van der Waals surface area contributed by atoms with Crippen molar-refractivity contribution >= 4 is 17.5 Å². The van der Waals surface area contributed by atoms with E-state index in [1.54, 1.807) is 0 Å². The van der Waals surface area contributed by atoms with E-state index in [1.165, 1.54) is 22.3 Å². The van der Waals surface area contributed by atoms with Crippen molar-refractivity contribution in [1.29, 1.82) is 0 Å². The third-order valence-corrected chi connectivity index (χ3v) is 8.97. The maximum Gasteiger partial charge on any atom is 0.145 e. The lowest BCUT2D eigenvalue weighted by molar-refractivity contribution is -0.133. The summed E-state index contributed by atoms with van der Waals surface area (Å²) >= 11 is 1.97. The lowest BCUT2D eigenvalue weighted by Gasteiger charge is -2.51. The predicted molar refractivity (Wildman–Crippen MR) is 139 cm³/mol. The van der Waals surface area contributed by atoms with Crippen LogP contribution < -0.4 is 5.32 Å². The highest BCUT2D eigenvalue weighted by molar-refractivity contribution is 8.00. The molecule has 1 N–H and O–H groups in total. The van der Waals surface area contributed by atoms with Gasteiger partial charge in [-0.1, -0.05) is 121 Å². The Kier molecular flexibility index (Phi) is 5.82. The Morgan fingerprint density at radius 3 is 1.15 bits per heavy atom. The molecule has 6 rings (SSSR count). The molecule has 0 saturated carbocycles. The molecule has 2 saturated heterocycles. The third-order valence-electron chi connectivity index (χ3n) is 7.25. The summed E-state index contributed by atoms with van der Waals surface area (Å²) in [5.41, 5.74) is 4.82. The van der Waals surface area contributed by atoms with Crippen LogP contribution in [0.15, 0.2) is 121 Å². The number of carbonyl (C=O) groups excluding carboxylic acids is 1. The van der Waals surface area contributed by atoms with Gasteiger partial charge in [0.05, 0.1) is 11.8 Å². The van der Waals surface area contributed by atoms with Crippen molar-refractivity contribution in [3.05, 3.63) is 144 Å². The van der Waals surface area contributed by atoms with E-state index in [1.807, 2.05) is 23.9 Å². The first kappa shape index (κ1) is 21.4. The summed E-state index contributed by atoms with van der Waals surface area (Å²) < 4.78 is 0. The summed E-state index contributed by atoms with van der Waals surface area (Å²) in [4.78, 5) is 14.5. The molecule has 2 aliphatic rings. The number of benzene rings is 4. The van der Waals surface area contributed by atoms with E-state index in [-0.39, 0.29) is 34.4 Å². The molecule has 34 heavy (non-hydrogen) atoms.